The van der Waals surface area contributed by atoms with Gasteiger partial charge in [0.25, 0.3) is 0 Å². The fourth-order valence-electron chi connectivity index (χ4n) is 2.15. The van der Waals surface area contributed by atoms with Crippen molar-refractivity contribution in [1.82, 2.24) is 0 Å². The molecule has 0 saturated heterocycles. The van der Waals surface area contributed by atoms with Gasteiger partial charge in [0, 0.05) is 5.70 Å². The molecule has 0 bridgehead atoms. The van der Waals surface area contributed by atoms with Gasteiger partial charge in [-0.2, -0.15) is 0 Å². The number of allylic oxidation sites excluding steroid dienone is 3. The maximum absolute atomic E-state index is 6.27. The minimum atomic E-state index is 0.563. The summed E-state index contributed by atoms with van der Waals surface area (Å²) in [6.07, 6.45) is 6.42. The topological polar surface area (TPSA) is 26.0 Å². The summed E-state index contributed by atoms with van der Waals surface area (Å²) in [5, 5.41) is 0. The Morgan fingerprint density at radius 1 is 1.13 bits per heavy atom. The molecular formula is C14H25N. The highest BCUT2D eigenvalue weighted by Crippen LogP contribution is 2.29. The van der Waals surface area contributed by atoms with Crippen molar-refractivity contribution < 1.29 is 0 Å². The predicted molar refractivity (Wildman–Crippen MR) is 67.5 cm³/mol. The second-order valence-electron chi connectivity index (χ2n) is 5.07. The van der Waals surface area contributed by atoms with Crippen molar-refractivity contribution in [1.29, 1.82) is 0 Å². The van der Waals surface area contributed by atoms with E-state index in [2.05, 4.69) is 27.7 Å². The largest absolute Gasteiger partial charge is 0.399 e. The zero-order chi connectivity index (χ0) is 11.4. The maximum atomic E-state index is 6.27. The van der Waals surface area contributed by atoms with Crippen LogP contribution in [0.15, 0.2) is 22.4 Å². The third-order valence-corrected chi connectivity index (χ3v) is 3.61. The first-order valence-corrected chi connectivity index (χ1v) is 6.19. The van der Waals surface area contributed by atoms with E-state index in [4.69, 9.17) is 5.73 Å². The first-order valence-electron chi connectivity index (χ1n) is 6.19. The Morgan fingerprint density at radius 2 is 1.73 bits per heavy atom. The lowest BCUT2D eigenvalue weighted by Crippen LogP contribution is -2.09. The molecule has 1 heteroatoms. The second kappa shape index (κ2) is 5.39. The number of rotatable bonds is 2. The molecule has 0 saturated carbocycles. The predicted octanol–water partition coefficient (Wildman–Crippen LogP) is 4.16. The highest BCUT2D eigenvalue weighted by molar-refractivity contribution is 5.36. The third kappa shape index (κ3) is 3.12. The summed E-state index contributed by atoms with van der Waals surface area (Å²) in [5.41, 5.74) is 11.7. The van der Waals surface area contributed by atoms with Crippen LogP contribution < -0.4 is 5.73 Å². The summed E-state index contributed by atoms with van der Waals surface area (Å²) in [5.74, 6) is 0.563. The highest BCUT2D eigenvalue weighted by Gasteiger charge is 2.13. The minimum absolute atomic E-state index is 0.563. The monoisotopic (exact) mass is 207 g/mol. The number of hydrogen-bond acceptors (Lipinski definition) is 1. The molecule has 86 valence electrons. The molecule has 0 aromatic carbocycles. The molecule has 15 heavy (non-hydrogen) atoms. The van der Waals surface area contributed by atoms with E-state index in [1.807, 2.05) is 0 Å². The molecule has 0 spiro atoms. The van der Waals surface area contributed by atoms with Crippen molar-refractivity contribution in [3.8, 4) is 0 Å². The lowest BCUT2D eigenvalue weighted by molar-refractivity contribution is 0.704. The van der Waals surface area contributed by atoms with Gasteiger partial charge in [0.2, 0.25) is 0 Å². The molecule has 1 nitrogen and oxygen atoms in total. The fourth-order valence-corrected chi connectivity index (χ4v) is 2.15. The summed E-state index contributed by atoms with van der Waals surface area (Å²) in [6.45, 7) is 8.86. The Labute approximate surface area is 94.4 Å². The quantitative estimate of drug-likeness (QED) is 0.723. The molecule has 0 amide bonds. The third-order valence-electron chi connectivity index (χ3n) is 3.61. The smallest absolute Gasteiger partial charge is 0.0337 e. The van der Waals surface area contributed by atoms with E-state index >= 15 is 0 Å². The number of hydrogen-bond donors (Lipinski definition) is 1. The molecule has 0 atom stereocenters. The Kier molecular flexibility index (Phi) is 4.44. The molecule has 0 aromatic rings. The lowest BCUT2D eigenvalue weighted by Gasteiger charge is -2.15. The van der Waals surface area contributed by atoms with E-state index in [0.717, 1.165) is 5.70 Å². The van der Waals surface area contributed by atoms with Crippen molar-refractivity contribution in [2.75, 3.05) is 0 Å². The van der Waals surface area contributed by atoms with Crippen LogP contribution in [0.4, 0.5) is 0 Å². The van der Waals surface area contributed by atoms with Gasteiger partial charge in [0.1, 0.15) is 0 Å². The lowest BCUT2D eigenvalue weighted by atomic mass is 9.94. The van der Waals surface area contributed by atoms with Crippen LogP contribution in [-0.2, 0) is 0 Å². The Bertz CT molecular complexity index is 282. The molecule has 0 heterocycles. The van der Waals surface area contributed by atoms with Crippen molar-refractivity contribution in [3.63, 3.8) is 0 Å². The van der Waals surface area contributed by atoms with Crippen LogP contribution in [0, 0.1) is 5.92 Å². The first kappa shape index (κ1) is 12.4. The van der Waals surface area contributed by atoms with Crippen LogP contribution in [0.5, 0.6) is 0 Å². The summed E-state index contributed by atoms with van der Waals surface area (Å²) in [6, 6.07) is 0. The number of nitrogens with two attached hydrogens (primary N) is 1. The van der Waals surface area contributed by atoms with E-state index in [1.54, 1.807) is 0 Å². The van der Waals surface area contributed by atoms with Gasteiger partial charge in [-0.1, -0.05) is 25.8 Å². The van der Waals surface area contributed by atoms with Crippen LogP contribution in [0.1, 0.15) is 59.8 Å². The Morgan fingerprint density at radius 3 is 2.33 bits per heavy atom. The summed E-state index contributed by atoms with van der Waals surface area (Å²) >= 11 is 0. The van der Waals surface area contributed by atoms with Crippen molar-refractivity contribution in [3.05, 3.63) is 22.4 Å². The van der Waals surface area contributed by atoms with Crippen LogP contribution in [0.2, 0.25) is 0 Å². The summed E-state index contributed by atoms with van der Waals surface area (Å²) in [7, 11) is 0. The molecule has 0 unspecified atom stereocenters. The van der Waals surface area contributed by atoms with Gasteiger partial charge < -0.3 is 5.73 Å². The van der Waals surface area contributed by atoms with E-state index in [9.17, 15) is 0 Å². The van der Waals surface area contributed by atoms with Crippen LogP contribution in [0.25, 0.3) is 0 Å². The van der Waals surface area contributed by atoms with Gasteiger partial charge in [-0.3, -0.25) is 0 Å². The Hall–Kier alpha value is -0.720. The second-order valence-corrected chi connectivity index (χ2v) is 5.07. The summed E-state index contributed by atoms with van der Waals surface area (Å²) < 4.78 is 0. The standard InChI is InChI=1S/C14H25N/c1-10(2)12(4)14(15)13-9-7-5-6-8-11(13)3/h10H,5-9,15H2,1-4H3/b14-12-. The van der Waals surface area contributed by atoms with E-state index in [1.165, 1.54) is 48.8 Å². The maximum Gasteiger partial charge on any atom is 0.0337 e. The minimum Gasteiger partial charge on any atom is -0.399 e. The van der Waals surface area contributed by atoms with Crippen molar-refractivity contribution in [2.24, 2.45) is 11.7 Å². The van der Waals surface area contributed by atoms with Gasteiger partial charge in [-0.15, -0.1) is 0 Å². The van der Waals surface area contributed by atoms with E-state index < -0.39 is 0 Å². The zero-order valence-corrected chi connectivity index (χ0v) is 10.7. The molecule has 1 aliphatic rings. The molecule has 0 aliphatic heterocycles. The van der Waals surface area contributed by atoms with Gasteiger partial charge in [0.05, 0.1) is 0 Å². The van der Waals surface area contributed by atoms with E-state index in [0.29, 0.717) is 5.92 Å². The molecule has 0 fully saturated rings. The van der Waals surface area contributed by atoms with Crippen LogP contribution in [-0.4, -0.2) is 0 Å². The average Bonchev–Trinajstić information content (AvgIpc) is 2.40. The molecular weight excluding hydrogens is 182 g/mol. The van der Waals surface area contributed by atoms with Crippen molar-refractivity contribution >= 4 is 0 Å². The van der Waals surface area contributed by atoms with Gasteiger partial charge in [-0.05, 0) is 56.6 Å². The summed E-state index contributed by atoms with van der Waals surface area (Å²) in [4.78, 5) is 0. The fraction of sp³-hybridized carbons (Fsp3) is 0.714. The van der Waals surface area contributed by atoms with E-state index in [-0.39, 0.29) is 0 Å². The molecule has 1 rings (SSSR count). The van der Waals surface area contributed by atoms with Crippen LogP contribution in [0.3, 0.4) is 0 Å². The molecule has 0 aromatic heterocycles. The average molecular weight is 207 g/mol. The normalized spacial score (nSPS) is 20.3. The van der Waals surface area contributed by atoms with Gasteiger partial charge in [-0.25, -0.2) is 0 Å². The van der Waals surface area contributed by atoms with Crippen LogP contribution >= 0.6 is 0 Å². The Balaban J connectivity index is 2.98. The SMILES string of the molecule is CC1=C(/C(N)=C(\C)C(C)C)CCCCC1. The van der Waals surface area contributed by atoms with Gasteiger partial charge in [0.15, 0.2) is 0 Å². The molecule has 0 radical (unpaired) electrons. The highest BCUT2D eigenvalue weighted by atomic mass is 14.6. The molecule has 2 N–H and O–H groups in total. The first-order chi connectivity index (χ1) is 7.04. The van der Waals surface area contributed by atoms with Crippen molar-refractivity contribution in [2.45, 2.75) is 59.8 Å². The van der Waals surface area contributed by atoms with Gasteiger partial charge >= 0.3 is 0 Å². The molecule has 1 aliphatic carbocycles. The zero-order valence-electron chi connectivity index (χ0n) is 10.7.